The molecule has 1 fully saturated rings. The van der Waals surface area contributed by atoms with Crippen molar-refractivity contribution in [2.45, 2.75) is 31.4 Å². The van der Waals surface area contributed by atoms with Crippen molar-refractivity contribution in [2.75, 3.05) is 7.05 Å². The molecule has 2 unspecified atom stereocenters. The summed E-state index contributed by atoms with van der Waals surface area (Å²) in [6.07, 6.45) is 4.07. The van der Waals surface area contributed by atoms with Gasteiger partial charge in [-0.2, -0.15) is 12.6 Å². The number of hydrogen-bond donors (Lipinski definition) is 2. The lowest BCUT2D eigenvalue weighted by molar-refractivity contribution is 0.614. The molecule has 56 valence electrons. The molecule has 1 saturated carbocycles. The summed E-state index contributed by atoms with van der Waals surface area (Å²) < 4.78 is 0. The lowest BCUT2D eigenvalue weighted by Crippen LogP contribution is -1.88. The van der Waals surface area contributed by atoms with Crippen LogP contribution in [0.1, 0.15) is 26.2 Å². The molecule has 0 aromatic heterocycles. The zero-order chi connectivity index (χ0) is 7.28. The van der Waals surface area contributed by atoms with E-state index in [1.54, 1.807) is 0 Å². The summed E-state index contributed by atoms with van der Waals surface area (Å²) in [5.74, 6) is 0.947. The number of thiol groups is 1. The summed E-state index contributed by atoms with van der Waals surface area (Å²) in [6.45, 7) is 2.30. The Morgan fingerprint density at radius 3 is 2.00 bits per heavy atom. The molecule has 2 N–H and O–H groups in total. The number of rotatable bonds is 0. The third kappa shape index (κ3) is 3.82. The summed E-state index contributed by atoms with van der Waals surface area (Å²) in [5.41, 5.74) is 4.50. The average molecular weight is 147 g/mol. The van der Waals surface area contributed by atoms with Crippen LogP contribution in [0.4, 0.5) is 0 Å². The fraction of sp³-hybridized carbons (Fsp3) is 1.00. The van der Waals surface area contributed by atoms with Crippen molar-refractivity contribution in [3.8, 4) is 0 Å². The number of hydrogen-bond acceptors (Lipinski definition) is 2. The first-order valence-corrected chi connectivity index (χ1v) is 4.06. The maximum Gasteiger partial charge on any atom is 0.00194 e. The highest BCUT2D eigenvalue weighted by molar-refractivity contribution is 7.80. The Hall–Kier alpha value is 0.310. The van der Waals surface area contributed by atoms with E-state index in [0.29, 0.717) is 0 Å². The second kappa shape index (κ2) is 5.12. The predicted molar refractivity (Wildman–Crippen MR) is 45.9 cm³/mol. The second-order valence-corrected chi connectivity index (χ2v) is 3.30. The van der Waals surface area contributed by atoms with Crippen molar-refractivity contribution >= 4 is 12.6 Å². The molecule has 0 aliphatic heterocycles. The fourth-order valence-corrected chi connectivity index (χ4v) is 1.69. The van der Waals surface area contributed by atoms with Crippen LogP contribution in [-0.4, -0.2) is 12.3 Å². The van der Waals surface area contributed by atoms with Crippen LogP contribution >= 0.6 is 12.6 Å². The summed E-state index contributed by atoms with van der Waals surface area (Å²) in [6, 6.07) is 0. The summed E-state index contributed by atoms with van der Waals surface area (Å²) in [7, 11) is 1.50. The average Bonchev–Trinajstić information content (AvgIpc) is 2.20. The van der Waals surface area contributed by atoms with Gasteiger partial charge in [-0.05, 0) is 32.2 Å². The standard InChI is InChI=1S/C6H12S.CH5N/c1-5-2-3-6(7)4-5;1-2/h5-7H,2-4H2,1H3;2H2,1H3. The van der Waals surface area contributed by atoms with E-state index in [1.807, 2.05) is 0 Å². The molecule has 0 bridgehead atoms. The van der Waals surface area contributed by atoms with Gasteiger partial charge in [0.1, 0.15) is 0 Å². The van der Waals surface area contributed by atoms with E-state index in [-0.39, 0.29) is 0 Å². The van der Waals surface area contributed by atoms with Gasteiger partial charge in [-0.1, -0.05) is 6.92 Å². The molecule has 0 radical (unpaired) electrons. The molecule has 2 heteroatoms. The monoisotopic (exact) mass is 147 g/mol. The molecule has 1 rings (SSSR count). The molecule has 0 amide bonds. The van der Waals surface area contributed by atoms with Crippen LogP contribution in [0.5, 0.6) is 0 Å². The largest absolute Gasteiger partial charge is 0.333 e. The normalized spacial score (nSPS) is 33.3. The van der Waals surface area contributed by atoms with Gasteiger partial charge in [0.05, 0.1) is 0 Å². The Bertz CT molecular complexity index is 57.9. The molecule has 0 spiro atoms. The van der Waals surface area contributed by atoms with Crippen molar-refractivity contribution in [1.82, 2.24) is 0 Å². The van der Waals surface area contributed by atoms with Gasteiger partial charge >= 0.3 is 0 Å². The summed E-state index contributed by atoms with van der Waals surface area (Å²) >= 11 is 4.35. The molecule has 1 aliphatic rings. The second-order valence-electron chi connectivity index (χ2n) is 2.57. The van der Waals surface area contributed by atoms with E-state index >= 15 is 0 Å². The third-order valence-corrected chi connectivity index (χ3v) is 2.14. The highest BCUT2D eigenvalue weighted by Gasteiger charge is 2.16. The van der Waals surface area contributed by atoms with Gasteiger partial charge in [-0.15, -0.1) is 0 Å². The molecular formula is C7H17NS. The summed E-state index contributed by atoms with van der Waals surface area (Å²) in [5, 5.41) is 0.718. The van der Waals surface area contributed by atoms with Gasteiger partial charge in [0.15, 0.2) is 0 Å². The Labute approximate surface area is 63.4 Å². The van der Waals surface area contributed by atoms with Crippen LogP contribution in [0.25, 0.3) is 0 Å². The topological polar surface area (TPSA) is 26.0 Å². The highest BCUT2D eigenvalue weighted by atomic mass is 32.1. The van der Waals surface area contributed by atoms with Gasteiger partial charge in [0.25, 0.3) is 0 Å². The van der Waals surface area contributed by atoms with Gasteiger partial charge in [-0.25, -0.2) is 0 Å². The molecule has 0 heterocycles. The van der Waals surface area contributed by atoms with Gasteiger partial charge in [-0.3, -0.25) is 0 Å². The van der Waals surface area contributed by atoms with E-state index in [2.05, 4.69) is 25.3 Å². The first-order chi connectivity index (χ1) is 4.29. The zero-order valence-corrected chi connectivity index (χ0v) is 7.20. The SMILES string of the molecule is CC1CCC(S)C1.CN. The molecule has 1 aliphatic carbocycles. The minimum atomic E-state index is 0.718. The molecular weight excluding hydrogens is 130 g/mol. The van der Waals surface area contributed by atoms with Crippen LogP contribution in [0.15, 0.2) is 0 Å². The van der Waals surface area contributed by atoms with Gasteiger partial charge in [0, 0.05) is 5.25 Å². The fourth-order valence-electron chi connectivity index (χ4n) is 1.18. The molecule has 0 aromatic carbocycles. The van der Waals surface area contributed by atoms with Crippen LogP contribution in [0.2, 0.25) is 0 Å². The maximum atomic E-state index is 4.50. The van der Waals surface area contributed by atoms with Crippen LogP contribution in [0, 0.1) is 5.92 Å². The molecule has 9 heavy (non-hydrogen) atoms. The van der Waals surface area contributed by atoms with Crippen molar-refractivity contribution in [2.24, 2.45) is 11.7 Å². The van der Waals surface area contributed by atoms with Crippen LogP contribution in [-0.2, 0) is 0 Å². The molecule has 0 saturated heterocycles. The Balaban J connectivity index is 0.000000291. The van der Waals surface area contributed by atoms with Crippen molar-refractivity contribution < 1.29 is 0 Å². The zero-order valence-electron chi connectivity index (χ0n) is 6.30. The minimum absolute atomic E-state index is 0.718. The first-order valence-electron chi connectivity index (χ1n) is 3.55. The Morgan fingerprint density at radius 2 is 1.89 bits per heavy atom. The maximum absolute atomic E-state index is 4.50. The first kappa shape index (κ1) is 9.31. The van der Waals surface area contributed by atoms with Crippen LogP contribution < -0.4 is 5.73 Å². The minimum Gasteiger partial charge on any atom is -0.333 e. The Kier molecular flexibility index (Phi) is 5.30. The van der Waals surface area contributed by atoms with Crippen molar-refractivity contribution in [3.63, 3.8) is 0 Å². The lowest BCUT2D eigenvalue weighted by atomic mass is 10.1. The van der Waals surface area contributed by atoms with Gasteiger partial charge < -0.3 is 5.73 Å². The van der Waals surface area contributed by atoms with Crippen molar-refractivity contribution in [3.05, 3.63) is 0 Å². The highest BCUT2D eigenvalue weighted by Crippen LogP contribution is 2.27. The van der Waals surface area contributed by atoms with Crippen molar-refractivity contribution in [1.29, 1.82) is 0 Å². The van der Waals surface area contributed by atoms with E-state index in [4.69, 9.17) is 0 Å². The third-order valence-electron chi connectivity index (χ3n) is 1.67. The van der Waals surface area contributed by atoms with E-state index < -0.39 is 0 Å². The molecule has 2 atom stereocenters. The predicted octanol–water partition coefficient (Wildman–Crippen LogP) is 1.68. The molecule has 0 aromatic rings. The Morgan fingerprint density at radius 1 is 1.33 bits per heavy atom. The van der Waals surface area contributed by atoms with Crippen LogP contribution in [0.3, 0.4) is 0 Å². The van der Waals surface area contributed by atoms with E-state index in [1.165, 1.54) is 26.3 Å². The van der Waals surface area contributed by atoms with E-state index in [0.717, 1.165) is 11.2 Å². The molecule has 1 nitrogen and oxygen atoms in total. The number of nitrogens with two attached hydrogens (primary N) is 1. The quantitative estimate of drug-likeness (QED) is 0.501. The lowest BCUT2D eigenvalue weighted by Gasteiger charge is -1.95. The summed E-state index contributed by atoms with van der Waals surface area (Å²) in [4.78, 5) is 0. The van der Waals surface area contributed by atoms with E-state index in [9.17, 15) is 0 Å². The van der Waals surface area contributed by atoms with Gasteiger partial charge in [0.2, 0.25) is 0 Å². The smallest absolute Gasteiger partial charge is 0.00194 e.